The fourth-order valence-corrected chi connectivity index (χ4v) is 1.31. The Kier molecular flexibility index (Phi) is 5.88. The van der Waals surface area contributed by atoms with Crippen molar-refractivity contribution in [1.82, 2.24) is 0 Å². The average molecular weight is 261 g/mol. The molecule has 2 aromatic rings. The lowest BCUT2D eigenvalue weighted by Gasteiger charge is -1.95. The highest BCUT2D eigenvalue weighted by atomic mass is 16.4. The summed E-state index contributed by atoms with van der Waals surface area (Å²) in [6.45, 7) is 0. The SMILES string of the molecule is NC(=O)c1ccco1.O=C(O)CCc1ccccc1. The molecule has 19 heavy (non-hydrogen) atoms. The lowest BCUT2D eigenvalue weighted by Crippen LogP contribution is -2.08. The van der Waals surface area contributed by atoms with Crippen molar-refractivity contribution in [3.63, 3.8) is 0 Å². The van der Waals surface area contributed by atoms with Crippen LogP contribution in [0, 0.1) is 0 Å². The summed E-state index contributed by atoms with van der Waals surface area (Å²) in [5.41, 5.74) is 5.90. The quantitative estimate of drug-likeness (QED) is 0.881. The van der Waals surface area contributed by atoms with Crippen molar-refractivity contribution < 1.29 is 19.1 Å². The first-order chi connectivity index (χ1) is 9.09. The van der Waals surface area contributed by atoms with Gasteiger partial charge >= 0.3 is 5.97 Å². The number of furan rings is 1. The molecule has 1 aromatic heterocycles. The van der Waals surface area contributed by atoms with Gasteiger partial charge in [-0.2, -0.15) is 0 Å². The summed E-state index contributed by atoms with van der Waals surface area (Å²) < 4.78 is 4.62. The molecule has 2 rings (SSSR count). The first kappa shape index (κ1) is 14.5. The number of primary amides is 1. The van der Waals surface area contributed by atoms with Gasteiger partial charge in [0.2, 0.25) is 0 Å². The molecule has 0 spiro atoms. The van der Waals surface area contributed by atoms with Crippen molar-refractivity contribution in [3.8, 4) is 0 Å². The molecule has 0 saturated heterocycles. The van der Waals surface area contributed by atoms with Crippen LogP contribution in [0.2, 0.25) is 0 Å². The summed E-state index contributed by atoms with van der Waals surface area (Å²) in [6.07, 6.45) is 2.24. The number of aryl methyl sites for hydroxylation is 1. The molecule has 1 aromatic carbocycles. The maximum absolute atomic E-state index is 10.2. The predicted octanol–water partition coefficient (Wildman–Crippen LogP) is 2.08. The first-order valence-corrected chi connectivity index (χ1v) is 5.68. The number of hydrogen-bond donors (Lipinski definition) is 2. The Morgan fingerprint density at radius 3 is 2.21 bits per heavy atom. The van der Waals surface area contributed by atoms with Crippen LogP contribution in [0.4, 0.5) is 0 Å². The summed E-state index contributed by atoms with van der Waals surface area (Å²) in [6, 6.07) is 12.7. The second-order valence-electron chi connectivity index (χ2n) is 3.72. The number of rotatable bonds is 4. The van der Waals surface area contributed by atoms with Crippen molar-refractivity contribution in [2.45, 2.75) is 12.8 Å². The smallest absolute Gasteiger partial charge is 0.303 e. The van der Waals surface area contributed by atoms with E-state index < -0.39 is 11.9 Å². The second kappa shape index (κ2) is 7.71. The Morgan fingerprint density at radius 2 is 1.79 bits per heavy atom. The summed E-state index contributed by atoms with van der Waals surface area (Å²) >= 11 is 0. The molecule has 0 radical (unpaired) electrons. The predicted molar refractivity (Wildman–Crippen MR) is 69.6 cm³/mol. The van der Waals surface area contributed by atoms with E-state index in [1.54, 1.807) is 6.07 Å². The largest absolute Gasteiger partial charge is 0.481 e. The molecule has 5 heteroatoms. The van der Waals surface area contributed by atoms with Gasteiger partial charge in [-0.3, -0.25) is 9.59 Å². The molecule has 0 aliphatic carbocycles. The van der Waals surface area contributed by atoms with Gasteiger partial charge < -0.3 is 15.3 Å². The fourth-order valence-electron chi connectivity index (χ4n) is 1.31. The Balaban J connectivity index is 0.000000200. The van der Waals surface area contributed by atoms with Crippen LogP contribution in [0.1, 0.15) is 22.5 Å². The number of carbonyl (C=O) groups is 2. The first-order valence-electron chi connectivity index (χ1n) is 5.68. The molecule has 0 bridgehead atoms. The zero-order valence-corrected chi connectivity index (χ0v) is 10.3. The van der Waals surface area contributed by atoms with Crippen molar-refractivity contribution in [3.05, 3.63) is 60.1 Å². The monoisotopic (exact) mass is 261 g/mol. The van der Waals surface area contributed by atoms with Crippen molar-refractivity contribution in [2.75, 3.05) is 0 Å². The van der Waals surface area contributed by atoms with Gasteiger partial charge in [0.05, 0.1) is 6.26 Å². The van der Waals surface area contributed by atoms with Gasteiger partial charge in [-0.25, -0.2) is 0 Å². The molecule has 0 aliphatic rings. The van der Waals surface area contributed by atoms with Gasteiger partial charge in [-0.15, -0.1) is 0 Å². The van der Waals surface area contributed by atoms with Gasteiger partial charge in [0, 0.05) is 6.42 Å². The lowest BCUT2D eigenvalue weighted by molar-refractivity contribution is -0.136. The van der Waals surface area contributed by atoms with Crippen molar-refractivity contribution in [2.24, 2.45) is 5.73 Å². The molecular formula is C14H15NO4. The van der Waals surface area contributed by atoms with Gasteiger partial charge in [-0.1, -0.05) is 30.3 Å². The van der Waals surface area contributed by atoms with E-state index >= 15 is 0 Å². The third-order valence-corrected chi connectivity index (χ3v) is 2.23. The Hall–Kier alpha value is -2.56. The zero-order chi connectivity index (χ0) is 14.1. The van der Waals surface area contributed by atoms with Crippen LogP contribution in [0.25, 0.3) is 0 Å². The van der Waals surface area contributed by atoms with Gasteiger partial charge in [0.25, 0.3) is 5.91 Å². The van der Waals surface area contributed by atoms with E-state index in [1.807, 2.05) is 30.3 Å². The van der Waals surface area contributed by atoms with E-state index in [0.29, 0.717) is 6.42 Å². The van der Waals surface area contributed by atoms with E-state index in [4.69, 9.17) is 10.8 Å². The minimum absolute atomic E-state index is 0.199. The number of amides is 1. The molecule has 5 nitrogen and oxygen atoms in total. The summed E-state index contributed by atoms with van der Waals surface area (Å²) in [4.78, 5) is 20.4. The number of hydrogen-bond acceptors (Lipinski definition) is 3. The molecule has 0 aliphatic heterocycles. The number of carboxylic acids is 1. The molecule has 1 heterocycles. The number of nitrogens with two attached hydrogens (primary N) is 1. The van der Waals surface area contributed by atoms with Crippen LogP contribution in [0.5, 0.6) is 0 Å². The third kappa shape index (κ3) is 6.07. The van der Waals surface area contributed by atoms with E-state index in [1.165, 1.54) is 12.3 Å². The molecule has 0 unspecified atom stereocenters. The van der Waals surface area contributed by atoms with E-state index in [2.05, 4.69) is 4.42 Å². The molecule has 100 valence electrons. The van der Waals surface area contributed by atoms with Crippen LogP contribution < -0.4 is 5.73 Å². The number of carbonyl (C=O) groups excluding carboxylic acids is 1. The Labute approximate surface area is 110 Å². The highest BCUT2D eigenvalue weighted by Gasteiger charge is 1.99. The zero-order valence-electron chi connectivity index (χ0n) is 10.3. The molecule has 1 amide bonds. The lowest BCUT2D eigenvalue weighted by atomic mass is 10.1. The summed E-state index contributed by atoms with van der Waals surface area (Å²) in [7, 11) is 0. The third-order valence-electron chi connectivity index (χ3n) is 2.23. The van der Waals surface area contributed by atoms with E-state index in [-0.39, 0.29) is 12.2 Å². The topological polar surface area (TPSA) is 93.5 Å². The Morgan fingerprint density at radius 1 is 1.11 bits per heavy atom. The molecule has 0 saturated carbocycles. The highest BCUT2D eigenvalue weighted by Crippen LogP contribution is 2.01. The fraction of sp³-hybridized carbons (Fsp3) is 0.143. The van der Waals surface area contributed by atoms with Gasteiger partial charge in [0.1, 0.15) is 0 Å². The van der Waals surface area contributed by atoms with Crippen LogP contribution in [0.3, 0.4) is 0 Å². The van der Waals surface area contributed by atoms with Gasteiger partial charge in [-0.05, 0) is 24.1 Å². The molecule has 3 N–H and O–H groups in total. The van der Waals surface area contributed by atoms with Crippen LogP contribution in [0.15, 0.2) is 53.1 Å². The van der Waals surface area contributed by atoms with Crippen molar-refractivity contribution in [1.29, 1.82) is 0 Å². The second-order valence-corrected chi connectivity index (χ2v) is 3.72. The average Bonchev–Trinajstić information content (AvgIpc) is 2.92. The number of carboxylic acid groups (broad SMARTS) is 1. The maximum Gasteiger partial charge on any atom is 0.303 e. The highest BCUT2D eigenvalue weighted by molar-refractivity contribution is 5.89. The van der Waals surface area contributed by atoms with Crippen LogP contribution in [-0.4, -0.2) is 17.0 Å². The summed E-state index contributed by atoms with van der Waals surface area (Å²) in [5.74, 6) is -1.08. The standard InChI is InChI=1S/C9H10O2.C5H5NO2/c10-9(11)7-6-8-4-2-1-3-5-8;6-5(7)4-2-1-3-8-4/h1-5H,6-7H2,(H,10,11);1-3H,(H2,6,7). The van der Waals surface area contributed by atoms with Crippen LogP contribution >= 0.6 is 0 Å². The van der Waals surface area contributed by atoms with Crippen LogP contribution in [-0.2, 0) is 11.2 Å². The number of benzene rings is 1. The minimum atomic E-state index is -0.742. The summed E-state index contributed by atoms with van der Waals surface area (Å²) in [5, 5.41) is 8.37. The molecule has 0 atom stereocenters. The molecule has 0 fully saturated rings. The maximum atomic E-state index is 10.2. The van der Waals surface area contributed by atoms with Gasteiger partial charge in [0.15, 0.2) is 5.76 Å². The van der Waals surface area contributed by atoms with E-state index in [9.17, 15) is 9.59 Å². The molecular weight excluding hydrogens is 246 g/mol. The Bertz CT molecular complexity index is 506. The van der Waals surface area contributed by atoms with Crippen molar-refractivity contribution >= 4 is 11.9 Å². The van der Waals surface area contributed by atoms with E-state index in [0.717, 1.165) is 5.56 Å². The minimum Gasteiger partial charge on any atom is -0.481 e. The number of aliphatic carboxylic acids is 1. The normalized spacial score (nSPS) is 9.26.